The van der Waals surface area contributed by atoms with Gasteiger partial charge in [0, 0.05) is 16.2 Å². The average molecular weight is 367 g/mol. The zero-order valence-corrected chi connectivity index (χ0v) is 14.1. The summed E-state index contributed by atoms with van der Waals surface area (Å²) in [4.78, 5) is 7.60. The van der Waals surface area contributed by atoms with Crippen LogP contribution in [0.15, 0.2) is 29.4 Å². The van der Waals surface area contributed by atoms with Crippen LogP contribution in [-0.4, -0.2) is 36.1 Å². The average Bonchev–Trinajstić information content (AvgIpc) is 3.19. The third-order valence-corrected chi connectivity index (χ3v) is 6.55. The lowest BCUT2D eigenvalue weighted by atomic mass is 9.81. The number of rotatable bonds is 1. The van der Waals surface area contributed by atoms with Gasteiger partial charge >= 0.3 is 6.18 Å². The Kier molecular flexibility index (Phi) is 3.16. The summed E-state index contributed by atoms with van der Waals surface area (Å²) >= 11 is 0.760. The number of nitrogens with one attached hydrogen (secondary N) is 1. The lowest BCUT2D eigenvalue weighted by Crippen LogP contribution is -2.65. The number of hydrogen-bond acceptors (Lipinski definition) is 5. The summed E-state index contributed by atoms with van der Waals surface area (Å²) in [7, 11) is 0. The molecule has 0 amide bonds. The molecular weight excluding hydrogens is 351 g/mol. The second-order valence-corrected chi connectivity index (χ2v) is 8.04. The molecule has 0 aliphatic carbocycles. The maximum absolute atomic E-state index is 12.9. The molecule has 4 nitrogen and oxygen atoms in total. The van der Waals surface area contributed by atoms with Crippen molar-refractivity contribution in [3.05, 3.63) is 34.7 Å². The molecule has 0 saturated carbocycles. The molecule has 1 aromatic heterocycles. The van der Waals surface area contributed by atoms with Crippen LogP contribution in [0.4, 0.5) is 13.2 Å². The molecule has 5 heterocycles. The van der Waals surface area contributed by atoms with Gasteiger partial charge in [0.2, 0.25) is 5.72 Å². The predicted octanol–water partition coefficient (Wildman–Crippen LogP) is 3.62. The summed E-state index contributed by atoms with van der Waals surface area (Å²) in [5.74, 6) is 1.03. The van der Waals surface area contributed by atoms with Crippen molar-refractivity contribution in [2.75, 3.05) is 19.6 Å². The van der Waals surface area contributed by atoms with Crippen molar-refractivity contribution in [3.8, 4) is 0 Å². The molecule has 6 rings (SSSR count). The largest absolute Gasteiger partial charge is 0.425 e. The molecule has 2 aromatic rings. The zero-order chi connectivity index (χ0) is 17.2. The summed E-state index contributed by atoms with van der Waals surface area (Å²) in [6, 6.07) is 6.46. The first-order chi connectivity index (χ1) is 11.9. The quantitative estimate of drug-likeness (QED) is 0.836. The third-order valence-electron chi connectivity index (χ3n) is 5.41. The standard InChI is InChI=1S/C17H16F3N3OS/c18-17(19,20)14-8-10-1-2-11(7-13(10)25-14)15-21-16(24-22-15)9-23-5-3-12(16)4-6-23/h1-2,7-8,12H,3-6,9H2,(H,21,22)/t16-/m1/s1. The van der Waals surface area contributed by atoms with Gasteiger partial charge in [-0.2, -0.15) is 13.2 Å². The van der Waals surface area contributed by atoms with E-state index in [1.807, 2.05) is 0 Å². The minimum atomic E-state index is -4.31. The van der Waals surface area contributed by atoms with E-state index in [1.165, 1.54) is 6.07 Å². The summed E-state index contributed by atoms with van der Waals surface area (Å²) < 4.78 is 39.3. The van der Waals surface area contributed by atoms with Crippen LogP contribution in [0.5, 0.6) is 0 Å². The lowest BCUT2D eigenvalue weighted by Gasteiger charge is -2.49. The molecule has 3 fully saturated rings. The van der Waals surface area contributed by atoms with Crippen LogP contribution in [0.1, 0.15) is 23.3 Å². The molecule has 2 bridgehead atoms. The summed E-state index contributed by atoms with van der Waals surface area (Å²) in [6.07, 6.45) is -2.15. The Hall–Kier alpha value is -1.80. The number of alkyl halides is 3. The topological polar surface area (TPSA) is 36.9 Å². The molecule has 1 aromatic carbocycles. The highest BCUT2D eigenvalue weighted by atomic mass is 32.1. The van der Waals surface area contributed by atoms with Gasteiger partial charge in [0.25, 0.3) is 0 Å². The van der Waals surface area contributed by atoms with E-state index >= 15 is 0 Å². The molecule has 25 heavy (non-hydrogen) atoms. The van der Waals surface area contributed by atoms with Crippen LogP contribution in [0.25, 0.3) is 10.1 Å². The number of halogens is 3. The molecule has 1 spiro atoms. The van der Waals surface area contributed by atoms with Gasteiger partial charge in [0.1, 0.15) is 4.88 Å². The van der Waals surface area contributed by atoms with Gasteiger partial charge in [-0.1, -0.05) is 17.3 Å². The van der Waals surface area contributed by atoms with Gasteiger partial charge in [0.05, 0.1) is 6.54 Å². The lowest BCUT2D eigenvalue weighted by molar-refractivity contribution is -0.148. The van der Waals surface area contributed by atoms with Crippen molar-refractivity contribution in [2.45, 2.75) is 24.7 Å². The first kappa shape index (κ1) is 15.5. The van der Waals surface area contributed by atoms with Crippen LogP contribution in [0, 0.1) is 5.92 Å². The maximum Gasteiger partial charge on any atom is 0.425 e. The smallest absolute Gasteiger partial charge is 0.364 e. The Balaban J connectivity index is 1.44. The predicted molar refractivity (Wildman–Crippen MR) is 89.5 cm³/mol. The van der Waals surface area contributed by atoms with E-state index in [2.05, 4.69) is 15.4 Å². The van der Waals surface area contributed by atoms with E-state index in [9.17, 15) is 13.2 Å². The minimum Gasteiger partial charge on any atom is -0.364 e. The molecule has 1 N–H and O–H groups in total. The Labute approximate surface area is 146 Å². The molecule has 132 valence electrons. The van der Waals surface area contributed by atoms with Crippen molar-refractivity contribution in [1.29, 1.82) is 0 Å². The number of piperidine rings is 3. The van der Waals surface area contributed by atoms with E-state index in [-0.39, 0.29) is 0 Å². The van der Waals surface area contributed by atoms with E-state index in [0.29, 0.717) is 21.8 Å². The summed E-state index contributed by atoms with van der Waals surface area (Å²) in [5.41, 5.74) is 0.282. The normalized spacial score (nSPS) is 31.2. The number of hydrogen-bond donors (Lipinski definition) is 1. The van der Waals surface area contributed by atoms with Gasteiger partial charge in [-0.3, -0.25) is 4.90 Å². The monoisotopic (exact) mass is 367 g/mol. The van der Waals surface area contributed by atoms with Crippen LogP contribution >= 0.6 is 11.3 Å². The number of oxime groups is 1. The molecule has 8 heteroatoms. The third kappa shape index (κ3) is 2.42. The first-order valence-corrected chi connectivity index (χ1v) is 9.12. The van der Waals surface area contributed by atoms with Gasteiger partial charge in [-0.15, -0.1) is 11.3 Å². The highest BCUT2D eigenvalue weighted by molar-refractivity contribution is 7.19. The van der Waals surface area contributed by atoms with Crippen LogP contribution < -0.4 is 5.32 Å². The Morgan fingerprint density at radius 1 is 1.24 bits per heavy atom. The minimum absolute atomic E-state index is 0.418. The van der Waals surface area contributed by atoms with E-state index in [0.717, 1.165) is 49.4 Å². The molecule has 3 saturated heterocycles. The number of benzene rings is 1. The van der Waals surface area contributed by atoms with Crippen molar-refractivity contribution in [1.82, 2.24) is 10.2 Å². The molecule has 0 unspecified atom stereocenters. The van der Waals surface area contributed by atoms with Crippen LogP contribution in [-0.2, 0) is 11.0 Å². The SMILES string of the molecule is FC(F)(F)c1cc2ccc(C3=NO[C@@]4(CN5CCC4CC5)N3)cc2s1. The van der Waals surface area contributed by atoms with Crippen molar-refractivity contribution in [2.24, 2.45) is 11.1 Å². The molecule has 0 radical (unpaired) electrons. The van der Waals surface area contributed by atoms with E-state index < -0.39 is 16.8 Å². The fourth-order valence-corrected chi connectivity index (χ4v) is 5.05. The Bertz CT molecular complexity index is 870. The van der Waals surface area contributed by atoms with E-state index in [1.54, 1.807) is 18.2 Å². The molecular formula is C17H16F3N3OS. The number of thiophene rings is 1. The molecule has 4 aliphatic rings. The number of amidine groups is 1. The highest BCUT2D eigenvalue weighted by Gasteiger charge is 2.52. The Morgan fingerprint density at radius 2 is 2.04 bits per heavy atom. The van der Waals surface area contributed by atoms with Gasteiger partial charge < -0.3 is 10.2 Å². The fraction of sp³-hybridized carbons (Fsp3) is 0.471. The number of fused-ring (bicyclic) bond motifs is 3. The summed E-state index contributed by atoms with van der Waals surface area (Å²) in [5, 5.41) is 8.25. The van der Waals surface area contributed by atoms with Gasteiger partial charge in [-0.05, 0) is 43.5 Å². The van der Waals surface area contributed by atoms with E-state index in [4.69, 9.17) is 4.84 Å². The highest BCUT2D eigenvalue weighted by Crippen LogP contribution is 2.40. The second kappa shape index (κ2) is 5.11. The van der Waals surface area contributed by atoms with Gasteiger partial charge in [-0.25, -0.2) is 0 Å². The van der Waals surface area contributed by atoms with Crippen molar-refractivity contribution in [3.63, 3.8) is 0 Å². The van der Waals surface area contributed by atoms with Crippen LogP contribution in [0.3, 0.4) is 0 Å². The van der Waals surface area contributed by atoms with Crippen molar-refractivity contribution < 1.29 is 18.0 Å². The van der Waals surface area contributed by atoms with Crippen molar-refractivity contribution >= 4 is 27.3 Å². The van der Waals surface area contributed by atoms with Gasteiger partial charge in [0.15, 0.2) is 5.84 Å². The Morgan fingerprint density at radius 3 is 2.72 bits per heavy atom. The summed E-state index contributed by atoms with van der Waals surface area (Å²) in [6.45, 7) is 2.98. The zero-order valence-electron chi connectivity index (χ0n) is 13.3. The molecule has 4 aliphatic heterocycles. The fourth-order valence-electron chi connectivity index (χ4n) is 4.08. The first-order valence-electron chi connectivity index (χ1n) is 8.31. The second-order valence-electron chi connectivity index (χ2n) is 6.96. The molecule has 1 atom stereocenters. The van der Waals surface area contributed by atoms with Crippen LogP contribution in [0.2, 0.25) is 0 Å². The number of nitrogens with zero attached hydrogens (tertiary/aromatic N) is 2. The maximum atomic E-state index is 12.9.